The minimum absolute atomic E-state index is 0.0809. The van der Waals surface area contributed by atoms with Gasteiger partial charge in [0.1, 0.15) is 6.10 Å². The molecule has 19 heavy (non-hydrogen) atoms. The number of hydrogen-bond acceptors (Lipinski definition) is 5. The van der Waals surface area contributed by atoms with E-state index >= 15 is 0 Å². The van der Waals surface area contributed by atoms with Gasteiger partial charge in [-0.05, 0) is 26.0 Å². The van der Waals surface area contributed by atoms with Gasteiger partial charge in [0.05, 0.1) is 17.2 Å². The van der Waals surface area contributed by atoms with E-state index in [1.54, 1.807) is 24.3 Å². The molecule has 0 bridgehead atoms. The first-order valence-corrected chi connectivity index (χ1v) is 8.02. The maximum atomic E-state index is 11.7. The maximum Gasteiger partial charge on any atom is 0.177 e. The van der Waals surface area contributed by atoms with E-state index in [4.69, 9.17) is 9.47 Å². The molecule has 106 valence electrons. The molecule has 1 atom stereocenters. The maximum absolute atomic E-state index is 11.7. The van der Waals surface area contributed by atoms with Gasteiger partial charge in [-0.2, -0.15) is 0 Å². The van der Waals surface area contributed by atoms with Crippen LogP contribution in [-0.4, -0.2) is 39.7 Å². The van der Waals surface area contributed by atoms with Crippen molar-refractivity contribution in [3.05, 3.63) is 24.3 Å². The molecule has 1 aromatic rings. The summed E-state index contributed by atoms with van der Waals surface area (Å²) in [5.74, 6) is -0.567. The Morgan fingerprint density at radius 3 is 2.63 bits per heavy atom. The molecular formula is C13H19NO4S. The lowest BCUT2D eigenvalue weighted by molar-refractivity contribution is -0.136. The highest BCUT2D eigenvalue weighted by Crippen LogP contribution is 2.24. The minimum atomic E-state index is -3.24. The van der Waals surface area contributed by atoms with Crippen LogP contribution in [0.2, 0.25) is 0 Å². The minimum Gasteiger partial charge on any atom is -0.381 e. The van der Waals surface area contributed by atoms with Crippen LogP contribution >= 0.6 is 0 Å². The second kappa shape index (κ2) is 5.11. The van der Waals surface area contributed by atoms with Crippen molar-refractivity contribution >= 4 is 15.5 Å². The molecule has 0 aliphatic carbocycles. The molecule has 2 rings (SSSR count). The monoisotopic (exact) mass is 285 g/mol. The zero-order valence-electron chi connectivity index (χ0n) is 11.3. The SMILES string of the molecule is CC1(C)OCC(CNc2ccccc2S(C)(=O)=O)O1. The lowest BCUT2D eigenvalue weighted by Crippen LogP contribution is -2.26. The summed E-state index contributed by atoms with van der Waals surface area (Å²) >= 11 is 0. The third kappa shape index (κ3) is 3.68. The van der Waals surface area contributed by atoms with Crippen molar-refractivity contribution in [1.29, 1.82) is 0 Å². The molecule has 6 heteroatoms. The molecule has 1 heterocycles. The highest BCUT2D eigenvalue weighted by molar-refractivity contribution is 7.90. The summed E-state index contributed by atoms with van der Waals surface area (Å²) in [5.41, 5.74) is 0.596. The Morgan fingerprint density at radius 1 is 1.37 bits per heavy atom. The second-order valence-corrected chi connectivity index (χ2v) is 7.08. The highest BCUT2D eigenvalue weighted by Gasteiger charge is 2.32. The Bertz CT molecular complexity index is 554. The topological polar surface area (TPSA) is 64.6 Å². The summed E-state index contributed by atoms with van der Waals surface area (Å²) in [6.07, 6.45) is 1.12. The van der Waals surface area contributed by atoms with E-state index < -0.39 is 15.6 Å². The predicted molar refractivity (Wildman–Crippen MR) is 72.9 cm³/mol. The number of benzene rings is 1. The third-order valence-corrected chi connectivity index (χ3v) is 4.03. The van der Waals surface area contributed by atoms with Crippen LogP contribution in [0.3, 0.4) is 0 Å². The summed E-state index contributed by atoms with van der Waals surface area (Å²) in [6.45, 7) is 4.73. The van der Waals surface area contributed by atoms with Gasteiger partial charge in [0.2, 0.25) is 0 Å². The van der Waals surface area contributed by atoms with Gasteiger partial charge in [-0.15, -0.1) is 0 Å². The van der Waals surface area contributed by atoms with Gasteiger partial charge < -0.3 is 14.8 Å². The van der Waals surface area contributed by atoms with Crippen LogP contribution in [0.4, 0.5) is 5.69 Å². The first-order chi connectivity index (χ1) is 8.78. The summed E-state index contributed by atoms with van der Waals surface area (Å²) < 4.78 is 34.4. The first-order valence-electron chi connectivity index (χ1n) is 6.13. The van der Waals surface area contributed by atoms with E-state index in [-0.39, 0.29) is 6.10 Å². The van der Waals surface area contributed by atoms with E-state index in [1.165, 1.54) is 6.26 Å². The van der Waals surface area contributed by atoms with Gasteiger partial charge in [-0.25, -0.2) is 8.42 Å². The Balaban J connectivity index is 2.05. The van der Waals surface area contributed by atoms with Crippen molar-refractivity contribution in [3.8, 4) is 0 Å². The van der Waals surface area contributed by atoms with Crippen molar-refractivity contribution in [1.82, 2.24) is 0 Å². The Morgan fingerprint density at radius 2 is 2.05 bits per heavy atom. The van der Waals surface area contributed by atoms with Crippen LogP contribution in [0.1, 0.15) is 13.8 Å². The van der Waals surface area contributed by atoms with Crippen LogP contribution in [0.5, 0.6) is 0 Å². The molecule has 1 N–H and O–H groups in total. The summed E-state index contributed by atoms with van der Waals surface area (Å²) in [5, 5.41) is 3.12. The molecule has 1 aliphatic heterocycles. The number of para-hydroxylation sites is 1. The number of hydrogen-bond donors (Lipinski definition) is 1. The van der Waals surface area contributed by atoms with Crippen molar-refractivity contribution in [2.45, 2.75) is 30.6 Å². The molecule has 0 aromatic heterocycles. The second-order valence-electron chi connectivity index (χ2n) is 5.10. The molecule has 0 spiro atoms. The van der Waals surface area contributed by atoms with Gasteiger partial charge in [-0.1, -0.05) is 12.1 Å². The number of rotatable bonds is 4. The summed E-state index contributed by atoms with van der Waals surface area (Å²) in [4.78, 5) is 0.299. The molecule has 1 aliphatic rings. The lowest BCUT2D eigenvalue weighted by Gasteiger charge is -2.18. The third-order valence-electron chi connectivity index (χ3n) is 2.87. The molecule has 1 aromatic carbocycles. The average Bonchev–Trinajstić information content (AvgIpc) is 2.66. The van der Waals surface area contributed by atoms with Crippen LogP contribution in [0.15, 0.2) is 29.2 Å². The molecule has 0 amide bonds. The summed E-state index contributed by atoms with van der Waals surface area (Å²) in [7, 11) is -3.24. The van der Waals surface area contributed by atoms with E-state index in [9.17, 15) is 8.42 Å². The van der Waals surface area contributed by atoms with Gasteiger partial charge in [-0.3, -0.25) is 0 Å². The molecular weight excluding hydrogens is 266 g/mol. The highest BCUT2D eigenvalue weighted by atomic mass is 32.2. The van der Waals surface area contributed by atoms with Gasteiger partial charge in [0.15, 0.2) is 15.6 Å². The zero-order valence-corrected chi connectivity index (χ0v) is 12.2. The van der Waals surface area contributed by atoms with Crippen LogP contribution < -0.4 is 5.32 Å². The Kier molecular flexibility index (Phi) is 3.85. The molecule has 1 saturated heterocycles. The number of anilines is 1. The largest absolute Gasteiger partial charge is 0.381 e. The fourth-order valence-electron chi connectivity index (χ4n) is 2.02. The number of nitrogens with one attached hydrogen (secondary N) is 1. The standard InChI is InChI=1S/C13H19NO4S/c1-13(2)17-9-10(18-13)8-14-11-6-4-5-7-12(11)19(3,15)16/h4-7,10,14H,8-9H2,1-3H3. The van der Waals surface area contributed by atoms with Crippen molar-refractivity contribution in [2.75, 3.05) is 24.7 Å². The molecule has 0 radical (unpaired) electrons. The Hall–Kier alpha value is -1.11. The molecule has 0 saturated carbocycles. The Labute approximate surface area is 113 Å². The van der Waals surface area contributed by atoms with Crippen LogP contribution in [0, 0.1) is 0 Å². The molecule has 1 fully saturated rings. The lowest BCUT2D eigenvalue weighted by atomic mass is 10.3. The number of sulfone groups is 1. The average molecular weight is 285 g/mol. The normalized spacial score (nSPS) is 22.4. The zero-order chi connectivity index (χ0) is 14.1. The first kappa shape index (κ1) is 14.3. The fourth-order valence-corrected chi connectivity index (χ4v) is 2.89. The van der Waals surface area contributed by atoms with E-state index in [2.05, 4.69) is 5.32 Å². The van der Waals surface area contributed by atoms with E-state index in [0.717, 1.165) is 0 Å². The number of ether oxygens (including phenoxy) is 2. The van der Waals surface area contributed by atoms with Crippen molar-refractivity contribution < 1.29 is 17.9 Å². The van der Waals surface area contributed by atoms with Crippen molar-refractivity contribution in [3.63, 3.8) is 0 Å². The quantitative estimate of drug-likeness (QED) is 0.911. The summed E-state index contributed by atoms with van der Waals surface area (Å²) in [6, 6.07) is 6.84. The fraction of sp³-hybridized carbons (Fsp3) is 0.538. The van der Waals surface area contributed by atoms with Gasteiger partial charge in [0.25, 0.3) is 0 Å². The van der Waals surface area contributed by atoms with Gasteiger partial charge >= 0.3 is 0 Å². The van der Waals surface area contributed by atoms with E-state index in [1.807, 2.05) is 13.8 Å². The smallest absolute Gasteiger partial charge is 0.177 e. The molecule has 5 nitrogen and oxygen atoms in total. The van der Waals surface area contributed by atoms with Crippen LogP contribution in [0.25, 0.3) is 0 Å². The van der Waals surface area contributed by atoms with Gasteiger partial charge in [0, 0.05) is 12.8 Å². The van der Waals surface area contributed by atoms with Crippen molar-refractivity contribution in [2.24, 2.45) is 0 Å². The van der Waals surface area contributed by atoms with Crippen LogP contribution in [-0.2, 0) is 19.3 Å². The molecule has 1 unspecified atom stereocenters. The van der Waals surface area contributed by atoms with E-state index in [0.29, 0.717) is 23.7 Å². The predicted octanol–water partition coefficient (Wildman–Crippen LogP) is 1.65.